The molecule has 0 spiro atoms. The standard InChI is InChI=1S/C16H23NO3S/c1-5-20-16(19)10-17(12(2)3)15(18)11-21-14-8-6-13(4)7-9-14/h6-9,12H,5,10-11H2,1-4H3. The summed E-state index contributed by atoms with van der Waals surface area (Å²) >= 11 is 1.48. The van der Waals surface area contributed by atoms with E-state index in [0.717, 1.165) is 4.90 Å². The second-order valence-corrected chi connectivity index (χ2v) is 6.07. The third-order valence-corrected chi connectivity index (χ3v) is 3.93. The summed E-state index contributed by atoms with van der Waals surface area (Å²) in [7, 11) is 0. The van der Waals surface area contributed by atoms with E-state index in [2.05, 4.69) is 0 Å². The summed E-state index contributed by atoms with van der Waals surface area (Å²) in [5, 5.41) is 0. The number of carbonyl (C=O) groups is 2. The summed E-state index contributed by atoms with van der Waals surface area (Å²) in [6.07, 6.45) is 0. The van der Waals surface area contributed by atoms with Crippen LogP contribution in [0.5, 0.6) is 0 Å². The molecule has 0 aliphatic rings. The monoisotopic (exact) mass is 309 g/mol. The van der Waals surface area contributed by atoms with E-state index in [-0.39, 0.29) is 24.5 Å². The minimum atomic E-state index is -0.361. The molecule has 4 nitrogen and oxygen atoms in total. The highest BCUT2D eigenvalue weighted by molar-refractivity contribution is 8.00. The lowest BCUT2D eigenvalue weighted by Gasteiger charge is -2.25. The highest BCUT2D eigenvalue weighted by atomic mass is 32.2. The van der Waals surface area contributed by atoms with Crippen LogP contribution in [-0.4, -0.2) is 41.7 Å². The number of esters is 1. The first-order valence-corrected chi connectivity index (χ1v) is 8.07. The van der Waals surface area contributed by atoms with Gasteiger partial charge in [-0.1, -0.05) is 17.7 Å². The van der Waals surface area contributed by atoms with E-state index in [1.165, 1.54) is 17.3 Å². The van der Waals surface area contributed by atoms with Gasteiger partial charge >= 0.3 is 5.97 Å². The number of benzene rings is 1. The number of hydrogen-bond donors (Lipinski definition) is 0. The SMILES string of the molecule is CCOC(=O)CN(C(=O)CSc1ccc(C)cc1)C(C)C. The summed E-state index contributed by atoms with van der Waals surface area (Å²) < 4.78 is 4.91. The summed E-state index contributed by atoms with van der Waals surface area (Å²) in [5.41, 5.74) is 1.19. The Morgan fingerprint density at radius 2 is 1.86 bits per heavy atom. The summed E-state index contributed by atoms with van der Waals surface area (Å²) in [6, 6.07) is 8.01. The lowest BCUT2D eigenvalue weighted by Crippen LogP contribution is -2.42. The molecule has 1 rings (SSSR count). The van der Waals surface area contributed by atoms with Gasteiger partial charge in [-0.3, -0.25) is 9.59 Å². The fourth-order valence-electron chi connectivity index (χ4n) is 1.77. The quantitative estimate of drug-likeness (QED) is 0.574. The van der Waals surface area contributed by atoms with E-state index < -0.39 is 0 Å². The molecule has 0 aromatic heterocycles. The van der Waals surface area contributed by atoms with E-state index >= 15 is 0 Å². The Morgan fingerprint density at radius 1 is 1.24 bits per heavy atom. The van der Waals surface area contributed by atoms with Crippen LogP contribution < -0.4 is 0 Å². The van der Waals surface area contributed by atoms with Gasteiger partial charge in [-0.05, 0) is 39.8 Å². The van der Waals surface area contributed by atoms with Crippen molar-refractivity contribution in [1.82, 2.24) is 4.90 Å². The highest BCUT2D eigenvalue weighted by Crippen LogP contribution is 2.19. The zero-order chi connectivity index (χ0) is 15.8. The molecule has 0 fully saturated rings. The van der Waals surface area contributed by atoms with Gasteiger partial charge in [-0.2, -0.15) is 0 Å². The molecule has 0 radical (unpaired) electrons. The third-order valence-electron chi connectivity index (χ3n) is 2.93. The van der Waals surface area contributed by atoms with Gasteiger partial charge in [0.1, 0.15) is 6.54 Å². The molecule has 0 aliphatic heterocycles. The van der Waals surface area contributed by atoms with Crippen molar-refractivity contribution < 1.29 is 14.3 Å². The maximum Gasteiger partial charge on any atom is 0.325 e. The fourth-order valence-corrected chi connectivity index (χ4v) is 2.55. The predicted octanol–water partition coefficient (Wildman–Crippen LogP) is 2.89. The van der Waals surface area contributed by atoms with Crippen LogP contribution in [0.2, 0.25) is 0 Å². The van der Waals surface area contributed by atoms with Crippen LogP contribution in [0.4, 0.5) is 0 Å². The van der Waals surface area contributed by atoms with Gasteiger partial charge < -0.3 is 9.64 Å². The van der Waals surface area contributed by atoms with Gasteiger partial charge in [-0.15, -0.1) is 11.8 Å². The number of ether oxygens (including phenoxy) is 1. The molecule has 0 unspecified atom stereocenters. The van der Waals surface area contributed by atoms with E-state index in [1.54, 1.807) is 11.8 Å². The van der Waals surface area contributed by atoms with Crippen LogP contribution in [0.25, 0.3) is 0 Å². The molecule has 0 saturated heterocycles. The molecular formula is C16H23NO3S. The van der Waals surface area contributed by atoms with E-state index in [9.17, 15) is 9.59 Å². The second kappa shape index (κ2) is 8.72. The molecule has 0 N–H and O–H groups in total. The number of aryl methyl sites for hydroxylation is 1. The molecule has 0 aliphatic carbocycles. The number of carbonyl (C=O) groups excluding carboxylic acids is 2. The van der Waals surface area contributed by atoms with E-state index in [1.807, 2.05) is 45.0 Å². The first-order valence-electron chi connectivity index (χ1n) is 7.08. The van der Waals surface area contributed by atoms with Gasteiger partial charge in [0.25, 0.3) is 0 Å². The van der Waals surface area contributed by atoms with Gasteiger partial charge in [0.15, 0.2) is 0 Å². The molecule has 0 saturated carbocycles. The van der Waals surface area contributed by atoms with Crippen molar-refractivity contribution in [2.24, 2.45) is 0 Å². The fraction of sp³-hybridized carbons (Fsp3) is 0.500. The van der Waals surface area contributed by atoms with Crippen molar-refractivity contribution in [3.8, 4) is 0 Å². The van der Waals surface area contributed by atoms with E-state index in [4.69, 9.17) is 4.74 Å². The summed E-state index contributed by atoms with van der Waals surface area (Å²) in [5.74, 6) is -0.0933. The van der Waals surface area contributed by atoms with Crippen molar-refractivity contribution in [2.75, 3.05) is 18.9 Å². The maximum absolute atomic E-state index is 12.3. The molecule has 0 heterocycles. The van der Waals surface area contributed by atoms with Gasteiger partial charge in [0.05, 0.1) is 12.4 Å². The van der Waals surface area contributed by atoms with Gasteiger partial charge in [-0.25, -0.2) is 0 Å². The van der Waals surface area contributed by atoms with Crippen LogP contribution in [0, 0.1) is 6.92 Å². The zero-order valence-electron chi connectivity index (χ0n) is 13.1. The van der Waals surface area contributed by atoms with Crippen molar-refractivity contribution in [1.29, 1.82) is 0 Å². The Hall–Kier alpha value is -1.49. The lowest BCUT2D eigenvalue weighted by molar-refractivity contribution is -0.149. The largest absolute Gasteiger partial charge is 0.465 e. The van der Waals surface area contributed by atoms with Crippen LogP contribution in [0.1, 0.15) is 26.3 Å². The Kier molecular flexibility index (Phi) is 7.29. The topological polar surface area (TPSA) is 46.6 Å². The Morgan fingerprint density at radius 3 is 2.38 bits per heavy atom. The summed E-state index contributed by atoms with van der Waals surface area (Å²) in [6.45, 7) is 7.92. The van der Waals surface area contributed by atoms with Crippen molar-refractivity contribution in [3.63, 3.8) is 0 Å². The molecule has 1 amide bonds. The van der Waals surface area contributed by atoms with Crippen molar-refractivity contribution >= 4 is 23.6 Å². The molecular weight excluding hydrogens is 286 g/mol. The van der Waals surface area contributed by atoms with Crippen LogP contribution in [-0.2, 0) is 14.3 Å². The van der Waals surface area contributed by atoms with Crippen molar-refractivity contribution in [2.45, 2.75) is 38.6 Å². The molecule has 1 aromatic carbocycles. The molecule has 1 aromatic rings. The van der Waals surface area contributed by atoms with Gasteiger partial charge in [0, 0.05) is 10.9 Å². The van der Waals surface area contributed by atoms with Crippen LogP contribution >= 0.6 is 11.8 Å². The molecule has 116 valence electrons. The van der Waals surface area contributed by atoms with Crippen LogP contribution in [0.3, 0.4) is 0 Å². The molecule has 0 bridgehead atoms. The first-order chi connectivity index (χ1) is 9.93. The molecule has 5 heteroatoms. The zero-order valence-corrected chi connectivity index (χ0v) is 13.9. The number of nitrogens with zero attached hydrogens (tertiary/aromatic N) is 1. The number of amides is 1. The van der Waals surface area contributed by atoms with Crippen LogP contribution in [0.15, 0.2) is 29.2 Å². The van der Waals surface area contributed by atoms with Crippen molar-refractivity contribution in [3.05, 3.63) is 29.8 Å². The average molecular weight is 309 g/mol. The predicted molar refractivity (Wildman–Crippen MR) is 85.4 cm³/mol. The van der Waals surface area contributed by atoms with Gasteiger partial charge in [0.2, 0.25) is 5.91 Å². The Balaban J connectivity index is 2.56. The number of rotatable bonds is 7. The molecule has 21 heavy (non-hydrogen) atoms. The minimum Gasteiger partial charge on any atom is -0.465 e. The lowest BCUT2D eigenvalue weighted by atomic mass is 10.2. The first kappa shape index (κ1) is 17.6. The molecule has 0 atom stereocenters. The normalized spacial score (nSPS) is 10.5. The minimum absolute atomic E-state index is 0.0127. The number of thioether (sulfide) groups is 1. The Bertz CT molecular complexity index is 471. The van der Waals surface area contributed by atoms with E-state index in [0.29, 0.717) is 12.4 Å². The Labute approximate surface area is 130 Å². The average Bonchev–Trinajstić information content (AvgIpc) is 2.44. The third kappa shape index (κ3) is 6.21. The number of hydrogen-bond acceptors (Lipinski definition) is 4. The summed E-state index contributed by atoms with van der Waals surface area (Å²) in [4.78, 5) is 26.4. The maximum atomic E-state index is 12.3. The highest BCUT2D eigenvalue weighted by Gasteiger charge is 2.20. The smallest absolute Gasteiger partial charge is 0.325 e. The second-order valence-electron chi connectivity index (χ2n) is 5.02.